The summed E-state index contributed by atoms with van der Waals surface area (Å²) in [6.07, 6.45) is -1.68. The van der Waals surface area contributed by atoms with Gasteiger partial charge in [0.25, 0.3) is 0 Å². The van der Waals surface area contributed by atoms with Gasteiger partial charge in [0.1, 0.15) is 6.10 Å². The van der Waals surface area contributed by atoms with Crippen LogP contribution in [0.4, 0.5) is 0 Å². The minimum Gasteiger partial charge on any atom is -0.297 e. The highest BCUT2D eigenvalue weighted by molar-refractivity contribution is 8.39. The van der Waals surface area contributed by atoms with Crippen LogP contribution in [-0.2, 0) is 33.0 Å². The maximum absolute atomic E-state index is 13.5. The lowest BCUT2D eigenvalue weighted by Gasteiger charge is -2.58. The molecule has 0 radical (unpaired) electrons. The second kappa shape index (κ2) is 12.7. The molecule has 3 rings (SSSR count). The molecule has 214 valence electrons. The van der Waals surface area contributed by atoms with Crippen molar-refractivity contribution in [3.8, 4) is 6.07 Å². The number of rotatable bonds is 9. The Balaban J connectivity index is 1.95. The van der Waals surface area contributed by atoms with Crippen LogP contribution in [0.5, 0.6) is 0 Å². The van der Waals surface area contributed by atoms with Crippen molar-refractivity contribution in [1.82, 2.24) is 5.48 Å². The van der Waals surface area contributed by atoms with Gasteiger partial charge < -0.3 is 0 Å². The summed E-state index contributed by atoms with van der Waals surface area (Å²) in [5, 5.41) is 10.1. The minimum absolute atomic E-state index is 0.00970. The Kier molecular flexibility index (Phi) is 10.3. The van der Waals surface area contributed by atoms with E-state index in [9.17, 15) is 14.9 Å². The Labute approximate surface area is 231 Å². The Morgan fingerprint density at radius 2 is 1.55 bits per heavy atom. The van der Waals surface area contributed by atoms with Crippen LogP contribution in [-0.4, -0.2) is 44.9 Å². The molecule has 1 amide bonds. The van der Waals surface area contributed by atoms with Crippen LogP contribution in [0.25, 0.3) is 0 Å². The smallest absolute Gasteiger partial charge is 0.243 e. The number of carbonyl (C=O) groups excluding carboxylic acids is 2. The van der Waals surface area contributed by atoms with Crippen LogP contribution in [0.3, 0.4) is 0 Å². The highest BCUT2D eigenvalue weighted by Gasteiger charge is 2.56. The summed E-state index contributed by atoms with van der Waals surface area (Å²) in [7, 11) is -4.43. The van der Waals surface area contributed by atoms with E-state index < -0.39 is 45.2 Å². The number of amides is 1. The van der Waals surface area contributed by atoms with Crippen LogP contribution in [0.1, 0.15) is 73.8 Å². The number of nitrogens with zero attached hydrogens (tertiary/aromatic N) is 1. The number of fused-ring (bicyclic) bond motifs is 1. The number of benzene rings is 1. The zero-order valence-corrected chi connectivity index (χ0v) is 25.5. The maximum atomic E-state index is 13.5. The van der Waals surface area contributed by atoms with Crippen molar-refractivity contribution in [3.05, 3.63) is 35.9 Å². The molecule has 0 aromatic heterocycles. The van der Waals surface area contributed by atoms with Gasteiger partial charge in [-0.15, -0.1) is 0 Å². The molecular weight excluding hydrogens is 524 g/mol. The Bertz CT molecular complexity index is 994. The van der Waals surface area contributed by atoms with E-state index in [0.29, 0.717) is 0 Å². The Morgan fingerprint density at radius 1 is 1.00 bits per heavy atom. The fourth-order valence-electron chi connectivity index (χ4n) is 5.16. The summed E-state index contributed by atoms with van der Waals surface area (Å²) >= 11 is 0. The Morgan fingerprint density at radius 3 is 2.08 bits per heavy atom. The molecule has 0 spiro atoms. The zero-order chi connectivity index (χ0) is 28.3. The van der Waals surface area contributed by atoms with E-state index in [1.807, 2.05) is 30.3 Å². The molecule has 1 aromatic carbocycles. The van der Waals surface area contributed by atoms with Crippen LogP contribution in [0.2, 0.25) is 0 Å². The Hall–Kier alpha value is -1.61. The lowest BCUT2D eigenvalue weighted by molar-refractivity contribution is -0.144. The van der Waals surface area contributed by atoms with E-state index in [-0.39, 0.29) is 52.1 Å². The molecule has 1 saturated carbocycles. The topological polar surface area (TPSA) is 107 Å². The van der Waals surface area contributed by atoms with Crippen molar-refractivity contribution in [2.24, 2.45) is 11.8 Å². The highest BCUT2D eigenvalue weighted by atomic mass is 32.4. The fraction of sp³-hybridized carbons (Fsp3) is 0.679. The number of hydrogen-bond acceptors (Lipinski definition) is 7. The second-order valence-corrected chi connectivity index (χ2v) is 18.1. The van der Waals surface area contributed by atoms with Crippen molar-refractivity contribution in [1.29, 1.82) is 5.26 Å². The maximum Gasteiger partial charge on any atom is 0.243 e. The summed E-state index contributed by atoms with van der Waals surface area (Å²) in [6, 6.07) is 11.8. The minimum atomic E-state index is -2.22. The van der Waals surface area contributed by atoms with E-state index in [4.69, 9.17) is 16.8 Å². The van der Waals surface area contributed by atoms with Gasteiger partial charge in [0.2, 0.25) is 5.91 Å². The number of carbonyl (C=O) groups is 2. The van der Waals surface area contributed by atoms with Gasteiger partial charge in [-0.25, -0.2) is 5.48 Å². The van der Waals surface area contributed by atoms with Crippen LogP contribution in [0.15, 0.2) is 30.3 Å². The molecule has 1 saturated heterocycles. The van der Waals surface area contributed by atoms with Crippen molar-refractivity contribution >= 4 is 32.9 Å². The predicted molar refractivity (Wildman–Crippen MR) is 153 cm³/mol. The van der Waals surface area contributed by atoms with Crippen LogP contribution >= 0.6 is 21.2 Å². The van der Waals surface area contributed by atoms with Gasteiger partial charge in [-0.3, -0.25) is 22.8 Å². The molecule has 8 nitrogen and oxygen atoms in total. The molecule has 1 N–H and O–H groups in total. The van der Waals surface area contributed by atoms with Gasteiger partial charge in [-0.05, 0) is 61.0 Å². The molecule has 10 heteroatoms. The van der Waals surface area contributed by atoms with Gasteiger partial charge in [0.15, 0.2) is 11.9 Å². The molecule has 2 aliphatic rings. The number of nitrogens with one attached hydrogen (secondary N) is 1. The van der Waals surface area contributed by atoms with Gasteiger partial charge in [0.05, 0.1) is 18.6 Å². The quantitative estimate of drug-likeness (QED) is 0.361. The van der Waals surface area contributed by atoms with Gasteiger partial charge in [-0.2, -0.15) is 30.1 Å². The van der Waals surface area contributed by atoms with Gasteiger partial charge >= 0.3 is 0 Å². The third kappa shape index (κ3) is 6.24. The number of hydroxylamine groups is 1. The zero-order valence-electron chi connectivity index (χ0n) is 23.8. The monoisotopic (exact) mass is 568 g/mol. The van der Waals surface area contributed by atoms with Gasteiger partial charge in [-0.1, -0.05) is 30.3 Å². The summed E-state index contributed by atoms with van der Waals surface area (Å²) in [5.74, 6) is -1.76. The molecule has 4 atom stereocenters. The van der Waals surface area contributed by atoms with Gasteiger partial charge in [0, 0.05) is 39.8 Å². The van der Waals surface area contributed by atoms with Crippen LogP contribution < -0.4 is 5.48 Å². The molecule has 2 fully saturated rings. The number of Topliss-reactive ketones (excluding diaryl/α,β-unsaturated/α-hetero) is 1. The molecule has 1 aliphatic carbocycles. The fourth-order valence-corrected chi connectivity index (χ4v) is 13.5. The normalized spacial score (nSPS) is 28.4. The van der Waals surface area contributed by atoms with Crippen molar-refractivity contribution < 1.29 is 26.4 Å². The average Bonchev–Trinajstić information content (AvgIpc) is 3.04. The van der Waals surface area contributed by atoms with E-state index in [2.05, 4.69) is 66.9 Å². The molecule has 38 heavy (non-hydrogen) atoms. The van der Waals surface area contributed by atoms with Crippen molar-refractivity contribution in [3.63, 3.8) is 0 Å². The molecule has 1 aromatic rings. The first-order valence-corrected chi connectivity index (χ1v) is 16.7. The molecule has 4 unspecified atom stereocenters. The van der Waals surface area contributed by atoms with Crippen LogP contribution in [0, 0.1) is 23.2 Å². The largest absolute Gasteiger partial charge is 0.297 e. The first kappa shape index (κ1) is 30.9. The summed E-state index contributed by atoms with van der Waals surface area (Å²) in [4.78, 5) is 32.0. The third-order valence-corrected chi connectivity index (χ3v) is 15.2. The standard InChI is InChI=1S/C28H44N2O6S2/c1-18(2)37(19(3)4)34-27-24(15-26(32)30-33-17-22-12-10-9-11-13-22)23(16-29)14-25(31)28(27)35-38(36-37,20(5)6)21(7)8/h9-13,18-21,23-24,27-28H,14-15,17H2,1-8H3,(H,30,32). The molecular formula is C28H44N2O6S2. The van der Waals surface area contributed by atoms with E-state index in [1.165, 1.54) is 0 Å². The highest BCUT2D eigenvalue weighted by Crippen LogP contribution is 2.76. The molecule has 1 heterocycles. The lowest BCUT2D eigenvalue weighted by atomic mass is 9.74. The van der Waals surface area contributed by atoms with E-state index in [0.717, 1.165) is 5.56 Å². The molecule has 0 bridgehead atoms. The number of ketones is 1. The van der Waals surface area contributed by atoms with E-state index in [1.54, 1.807) is 0 Å². The average molecular weight is 569 g/mol. The predicted octanol–water partition coefficient (Wildman–Crippen LogP) is 6.06. The first-order valence-electron chi connectivity index (χ1n) is 13.4. The van der Waals surface area contributed by atoms with Crippen molar-refractivity contribution in [2.75, 3.05) is 0 Å². The third-order valence-electron chi connectivity index (χ3n) is 7.19. The van der Waals surface area contributed by atoms with Crippen molar-refractivity contribution in [2.45, 2.75) is 108 Å². The summed E-state index contributed by atoms with van der Waals surface area (Å²) in [6.45, 7) is 16.8. The summed E-state index contributed by atoms with van der Waals surface area (Å²) < 4.78 is 20.8. The number of nitriles is 1. The summed E-state index contributed by atoms with van der Waals surface area (Å²) in [5.41, 5.74) is 3.44. The number of hydrogen-bond donors (Lipinski definition) is 1. The molecule has 1 aliphatic heterocycles. The first-order chi connectivity index (χ1) is 17.9. The second-order valence-electron chi connectivity index (χ2n) is 11.1. The lowest BCUT2D eigenvalue weighted by Crippen LogP contribution is -2.52. The van der Waals surface area contributed by atoms with E-state index >= 15 is 0 Å². The SMILES string of the molecule is CC(C)S1(C(C)C)OC2C(=O)CC(C#N)C(CC(=O)NOCc3ccccc3)C2OS(C(C)C)(C(C)C)O1.